The second-order valence-corrected chi connectivity index (χ2v) is 9.19. The first kappa shape index (κ1) is 23.6. The van der Waals surface area contributed by atoms with Crippen LogP contribution in [0.4, 0.5) is 0 Å². The molecule has 4 aromatic carbocycles. The second-order valence-electron chi connectivity index (χ2n) is 9.19. The summed E-state index contributed by atoms with van der Waals surface area (Å²) in [5.41, 5.74) is 4.96. The molecule has 4 heteroatoms. The molecule has 2 atom stereocenters. The molecule has 5 rings (SSSR count). The Labute approximate surface area is 212 Å². The summed E-state index contributed by atoms with van der Waals surface area (Å²) in [5, 5.41) is 21.8. The third-order valence-electron chi connectivity index (χ3n) is 6.81. The number of hydrogen-bond acceptors (Lipinski definition) is 4. The number of aliphatic imine (C=N–C) groups is 2. The van der Waals surface area contributed by atoms with Crippen molar-refractivity contribution in [2.24, 2.45) is 9.98 Å². The molecular formula is C32H30N2O2. The Morgan fingerprint density at radius 1 is 0.528 bits per heavy atom. The largest absolute Gasteiger partial charge is 0.507 e. The van der Waals surface area contributed by atoms with Crippen molar-refractivity contribution in [3.8, 4) is 33.8 Å². The highest BCUT2D eigenvalue weighted by molar-refractivity contribution is 5.89. The molecule has 36 heavy (non-hydrogen) atoms. The third-order valence-corrected chi connectivity index (χ3v) is 6.81. The van der Waals surface area contributed by atoms with Crippen LogP contribution in [0.5, 0.6) is 11.5 Å². The number of aromatic hydroxyl groups is 2. The normalized spacial score (nSPS) is 18.1. The number of phenolic OH excluding ortho intramolecular Hbond substituents is 2. The fraction of sp³-hybridized carbons (Fsp3) is 0.188. The molecule has 2 N–H and O–H groups in total. The zero-order valence-corrected chi connectivity index (χ0v) is 20.2. The van der Waals surface area contributed by atoms with Gasteiger partial charge in [-0.3, -0.25) is 9.98 Å². The molecule has 0 aliphatic heterocycles. The van der Waals surface area contributed by atoms with E-state index in [0.717, 1.165) is 47.9 Å². The average molecular weight is 475 g/mol. The molecule has 1 saturated carbocycles. The lowest BCUT2D eigenvalue weighted by Gasteiger charge is -2.25. The quantitative estimate of drug-likeness (QED) is 0.288. The summed E-state index contributed by atoms with van der Waals surface area (Å²) >= 11 is 0. The van der Waals surface area contributed by atoms with Crippen LogP contribution >= 0.6 is 0 Å². The van der Waals surface area contributed by atoms with Gasteiger partial charge in [-0.1, -0.05) is 97.8 Å². The molecule has 0 heterocycles. The summed E-state index contributed by atoms with van der Waals surface area (Å²) < 4.78 is 0. The molecule has 0 spiro atoms. The minimum Gasteiger partial charge on any atom is -0.507 e. The molecule has 0 radical (unpaired) electrons. The van der Waals surface area contributed by atoms with Gasteiger partial charge in [0.15, 0.2) is 0 Å². The molecule has 0 unspecified atom stereocenters. The second kappa shape index (κ2) is 11.0. The Kier molecular flexibility index (Phi) is 7.23. The van der Waals surface area contributed by atoms with E-state index in [0.29, 0.717) is 11.1 Å². The van der Waals surface area contributed by atoms with Crippen molar-refractivity contribution in [2.45, 2.75) is 37.8 Å². The lowest BCUT2D eigenvalue weighted by Crippen LogP contribution is -2.27. The van der Waals surface area contributed by atoms with Gasteiger partial charge < -0.3 is 10.2 Å². The van der Waals surface area contributed by atoms with Crippen molar-refractivity contribution >= 4 is 12.4 Å². The van der Waals surface area contributed by atoms with E-state index in [1.807, 2.05) is 97.1 Å². The zero-order chi connectivity index (χ0) is 24.7. The average Bonchev–Trinajstić information content (AvgIpc) is 2.93. The van der Waals surface area contributed by atoms with E-state index >= 15 is 0 Å². The molecule has 1 aliphatic rings. The lowest BCUT2D eigenvalue weighted by molar-refractivity contribution is 0.390. The van der Waals surface area contributed by atoms with Gasteiger partial charge in [-0.25, -0.2) is 0 Å². The summed E-state index contributed by atoms with van der Waals surface area (Å²) in [6.45, 7) is 0. The number of benzene rings is 4. The Hall–Kier alpha value is -4.18. The Balaban J connectivity index is 1.36. The van der Waals surface area contributed by atoms with Gasteiger partial charge in [0.05, 0.1) is 12.1 Å². The standard InChI is InChI=1S/C32H30N2O2/c35-31-25(15-9-17-27(31)23-11-3-1-4-12-23)21-33-29-19-7-8-20-30(29)34-22-26-16-10-18-28(32(26)36)24-13-5-2-6-14-24/h1-6,9-18,21-22,29-30,35-36H,7-8,19-20H2/t29-,30-/m1/s1. The third kappa shape index (κ3) is 5.23. The van der Waals surface area contributed by atoms with E-state index in [4.69, 9.17) is 9.98 Å². The Morgan fingerprint density at radius 2 is 0.944 bits per heavy atom. The molecule has 0 amide bonds. The van der Waals surface area contributed by atoms with Crippen molar-refractivity contribution in [3.05, 3.63) is 108 Å². The molecule has 180 valence electrons. The minimum absolute atomic E-state index is 0.0363. The first-order chi connectivity index (χ1) is 17.7. The van der Waals surface area contributed by atoms with E-state index in [-0.39, 0.29) is 23.6 Å². The van der Waals surface area contributed by atoms with E-state index in [2.05, 4.69) is 0 Å². The van der Waals surface area contributed by atoms with Crippen LogP contribution in [-0.2, 0) is 0 Å². The van der Waals surface area contributed by atoms with Crippen LogP contribution in [0.15, 0.2) is 107 Å². The predicted molar refractivity (Wildman–Crippen MR) is 148 cm³/mol. The summed E-state index contributed by atoms with van der Waals surface area (Å²) in [6.07, 6.45) is 7.69. The highest BCUT2D eigenvalue weighted by Gasteiger charge is 2.23. The number of rotatable bonds is 6. The predicted octanol–water partition coefficient (Wildman–Crippen LogP) is 7.28. The van der Waals surface area contributed by atoms with E-state index in [1.54, 1.807) is 12.4 Å². The molecule has 4 nitrogen and oxygen atoms in total. The van der Waals surface area contributed by atoms with Gasteiger partial charge in [0.1, 0.15) is 11.5 Å². The molecular weight excluding hydrogens is 444 g/mol. The maximum absolute atomic E-state index is 10.9. The van der Waals surface area contributed by atoms with Crippen molar-refractivity contribution in [3.63, 3.8) is 0 Å². The maximum atomic E-state index is 10.9. The molecule has 0 bridgehead atoms. The first-order valence-electron chi connectivity index (χ1n) is 12.5. The molecule has 4 aromatic rings. The minimum atomic E-state index is 0.0363. The number of para-hydroxylation sites is 2. The van der Waals surface area contributed by atoms with Gasteiger partial charge in [-0.15, -0.1) is 0 Å². The summed E-state index contributed by atoms with van der Waals surface area (Å²) in [6, 6.07) is 31.3. The molecule has 1 fully saturated rings. The van der Waals surface area contributed by atoms with Crippen molar-refractivity contribution in [2.75, 3.05) is 0 Å². The van der Waals surface area contributed by atoms with E-state index < -0.39 is 0 Å². The van der Waals surface area contributed by atoms with Gasteiger partial charge in [0.2, 0.25) is 0 Å². The first-order valence-corrected chi connectivity index (χ1v) is 12.5. The SMILES string of the molecule is Oc1c(C=N[C@@H]2CCCC[C@H]2N=Cc2cccc(-c3ccccc3)c2O)cccc1-c1ccccc1. The summed E-state index contributed by atoms with van der Waals surface area (Å²) in [7, 11) is 0. The van der Waals surface area contributed by atoms with Crippen LogP contribution in [-0.4, -0.2) is 34.7 Å². The fourth-order valence-electron chi connectivity index (χ4n) is 4.82. The van der Waals surface area contributed by atoms with Gasteiger partial charge in [-0.2, -0.15) is 0 Å². The molecule has 0 aromatic heterocycles. The van der Waals surface area contributed by atoms with Crippen molar-refractivity contribution < 1.29 is 10.2 Å². The van der Waals surface area contributed by atoms with E-state index in [1.165, 1.54) is 0 Å². The van der Waals surface area contributed by atoms with Crippen LogP contribution in [0.2, 0.25) is 0 Å². The Bertz CT molecular complexity index is 1260. The maximum Gasteiger partial charge on any atom is 0.132 e. The topological polar surface area (TPSA) is 65.2 Å². The Morgan fingerprint density at radius 3 is 1.36 bits per heavy atom. The highest BCUT2D eigenvalue weighted by atomic mass is 16.3. The highest BCUT2D eigenvalue weighted by Crippen LogP contribution is 2.33. The van der Waals surface area contributed by atoms with Crippen molar-refractivity contribution in [1.29, 1.82) is 0 Å². The van der Waals surface area contributed by atoms with Crippen molar-refractivity contribution in [1.82, 2.24) is 0 Å². The van der Waals surface area contributed by atoms with Crippen LogP contribution in [0.3, 0.4) is 0 Å². The van der Waals surface area contributed by atoms with Gasteiger partial charge >= 0.3 is 0 Å². The van der Waals surface area contributed by atoms with E-state index in [9.17, 15) is 10.2 Å². The molecule has 0 saturated heterocycles. The van der Waals surface area contributed by atoms with Crippen LogP contribution < -0.4 is 0 Å². The number of phenols is 2. The van der Waals surface area contributed by atoms with Gasteiger partial charge in [0.25, 0.3) is 0 Å². The zero-order valence-electron chi connectivity index (χ0n) is 20.2. The van der Waals surface area contributed by atoms with Crippen LogP contribution in [0.1, 0.15) is 36.8 Å². The van der Waals surface area contributed by atoms with Gasteiger partial charge in [-0.05, 0) is 36.1 Å². The van der Waals surface area contributed by atoms with Gasteiger partial charge in [0, 0.05) is 34.7 Å². The monoisotopic (exact) mass is 474 g/mol. The lowest BCUT2D eigenvalue weighted by atomic mass is 9.91. The fourth-order valence-corrected chi connectivity index (χ4v) is 4.82. The molecule has 1 aliphatic carbocycles. The van der Waals surface area contributed by atoms with Crippen LogP contribution in [0.25, 0.3) is 22.3 Å². The smallest absolute Gasteiger partial charge is 0.132 e. The van der Waals surface area contributed by atoms with Crippen LogP contribution in [0, 0.1) is 0 Å². The number of hydrogen-bond donors (Lipinski definition) is 2. The number of nitrogens with zero attached hydrogens (tertiary/aromatic N) is 2. The summed E-state index contributed by atoms with van der Waals surface area (Å²) in [4.78, 5) is 9.74. The summed E-state index contributed by atoms with van der Waals surface area (Å²) in [5.74, 6) is 0.483.